The fourth-order valence-electron chi connectivity index (χ4n) is 3.30. The molecule has 0 aromatic heterocycles. The summed E-state index contributed by atoms with van der Waals surface area (Å²) in [6.07, 6.45) is 0. The monoisotopic (exact) mass is 412 g/mol. The molecule has 2 aliphatic rings. The molecular formula is C19H13BrN2O4. The molecule has 0 atom stereocenters. The number of rotatable bonds is 2. The number of hydrogen-bond acceptors (Lipinski definition) is 4. The molecule has 2 aliphatic heterocycles. The zero-order valence-corrected chi connectivity index (χ0v) is 15.5. The number of anilines is 1. The zero-order valence-electron chi connectivity index (χ0n) is 13.9. The minimum atomic E-state index is -0.455. The Kier molecular flexibility index (Phi) is 3.59. The van der Waals surface area contributed by atoms with E-state index in [1.54, 1.807) is 32.0 Å². The van der Waals surface area contributed by atoms with Crippen LogP contribution < -0.4 is 4.90 Å². The van der Waals surface area contributed by atoms with Gasteiger partial charge < -0.3 is 0 Å². The Bertz CT molecular complexity index is 1030. The lowest BCUT2D eigenvalue weighted by atomic mass is 10.1. The standard InChI is InChI=1S/C19H13BrN2O4/c1-9(2)21-16(23)13-6-4-11(8-15(13)18(21)25)22-17(24)12-5-3-10(20)7-14(12)19(22)26/h3-9H,1-2H3. The van der Waals surface area contributed by atoms with E-state index in [1.165, 1.54) is 23.1 Å². The first kappa shape index (κ1) is 16.7. The van der Waals surface area contributed by atoms with Gasteiger partial charge in [-0.15, -0.1) is 0 Å². The van der Waals surface area contributed by atoms with Crippen molar-refractivity contribution in [1.29, 1.82) is 0 Å². The lowest BCUT2D eigenvalue weighted by molar-refractivity contribution is 0.0608. The second kappa shape index (κ2) is 5.60. The van der Waals surface area contributed by atoms with Crippen LogP contribution in [0.3, 0.4) is 0 Å². The van der Waals surface area contributed by atoms with Gasteiger partial charge in [0.05, 0.1) is 27.9 Å². The average Bonchev–Trinajstić information content (AvgIpc) is 2.99. The fourth-order valence-corrected chi connectivity index (χ4v) is 3.66. The van der Waals surface area contributed by atoms with Gasteiger partial charge in [-0.05, 0) is 50.2 Å². The Morgan fingerprint density at radius 2 is 1.27 bits per heavy atom. The maximum absolute atomic E-state index is 12.7. The Hall–Kier alpha value is -2.80. The zero-order chi connectivity index (χ0) is 18.7. The van der Waals surface area contributed by atoms with Crippen molar-refractivity contribution in [1.82, 2.24) is 4.90 Å². The maximum Gasteiger partial charge on any atom is 0.266 e. The molecule has 2 aromatic rings. The number of halogens is 1. The summed E-state index contributed by atoms with van der Waals surface area (Å²) in [4.78, 5) is 52.5. The molecule has 0 radical (unpaired) electrons. The highest BCUT2D eigenvalue weighted by molar-refractivity contribution is 9.10. The van der Waals surface area contributed by atoms with E-state index in [0.29, 0.717) is 15.6 Å². The van der Waals surface area contributed by atoms with E-state index in [4.69, 9.17) is 0 Å². The van der Waals surface area contributed by atoms with Crippen LogP contribution in [0.15, 0.2) is 40.9 Å². The largest absolute Gasteiger partial charge is 0.272 e. The summed E-state index contributed by atoms with van der Waals surface area (Å²) in [5.41, 5.74) is 1.38. The van der Waals surface area contributed by atoms with E-state index < -0.39 is 17.7 Å². The Balaban J connectivity index is 1.79. The molecule has 4 amide bonds. The van der Waals surface area contributed by atoms with Crippen LogP contribution in [-0.2, 0) is 0 Å². The van der Waals surface area contributed by atoms with Crippen LogP contribution in [-0.4, -0.2) is 34.6 Å². The van der Waals surface area contributed by atoms with Gasteiger partial charge in [0, 0.05) is 10.5 Å². The summed E-state index contributed by atoms with van der Waals surface area (Å²) in [5.74, 6) is -1.68. The van der Waals surface area contributed by atoms with Gasteiger partial charge in [0.15, 0.2) is 0 Å². The number of fused-ring (bicyclic) bond motifs is 2. The first-order valence-corrected chi connectivity index (χ1v) is 8.81. The Labute approximate surface area is 157 Å². The molecule has 0 aliphatic carbocycles. The predicted octanol–water partition coefficient (Wildman–Crippen LogP) is 3.25. The number of imide groups is 2. The van der Waals surface area contributed by atoms with Crippen LogP contribution >= 0.6 is 15.9 Å². The van der Waals surface area contributed by atoms with Crippen molar-refractivity contribution in [2.45, 2.75) is 19.9 Å². The molecule has 0 unspecified atom stereocenters. The number of benzene rings is 2. The number of amides is 4. The number of nitrogens with zero attached hydrogens (tertiary/aromatic N) is 2. The van der Waals surface area contributed by atoms with Gasteiger partial charge in [-0.3, -0.25) is 24.1 Å². The van der Waals surface area contributed by atoms with Crippen LogP contribution in [0.4, 0.5) is 5.69 Å². The van der Waals surface area contributed by atoms with E-state index in [-0.39, 0.29) is 28.8 Å². The molecule has 0 fully saturated rings. The Morgan fingerprint density at radius 3 is 1.96 bits per heavy atom. The topological polar surface area (TPSA) is 74.8 Å². The molecule has 7 heteroatoms. The molecule has 0 saturated carbocycles. The molecular weight excluding hydrogens is 400 g/mol. The summed E-state index contributed by atoms with van der Waals surface area (Å²) in [6, 6.07) is 9.05. The summed E-state index contributed by atoms with van der Waals surface area (Å²) < 4.78 is 0.696. The van der Waals surface area contributed by atoms with Crippen molar-refractivity contribution in [3.8, 4) is 0 Å². The number of carbonyl (C=O) groups excluding carboxylic acids is 4. The fraction of sp³-hybridized carbons (Fsp3) is 0.158. The van der Waals surface area contributed by atoms with Gasteiger partial charge in [0.2, 0.25) is 0 Å². The molecule has 2 aromatic carbocycles. The normalized spacial score (nSPS) is 16.0. The van der Waals surface area contributed by atoms with Gasteiger partial charge in [-0.2, -0.15) is 0 Å². The second-order valence-electron chi connectivity index (χ2n) is 6.44. The molecule has 0 spiro atoms. The minimum absolute atomic E-state index is 0.207. The van der Waals surface area contributed by atoms with Crippen molar-refractivity contribution in [3.63, 3.8) is 0 Å². The first-order chi connectivity index (χ1) is 12.3. The summed E-state index contributed by atoms with van der Waals surface area (Å²) in [6.45, 7) is 3.51. The van der Waals surface area contributed by atoms with Crippen molar-refractivity contribution in [2.75, 3.05) is 4.90 Å². The van der Waals surface area contributed by atoms with Crippen LogP contribution in [0, 0.1) is 0 Å². The van der Waals surface area contributed by atoms with Crippen molar-refractivity contribution in [3.05, 3.63) is 63.1 Å². The summed E-state index contributed by atoms with van der Waals surface area (Å²) in [5, 5.41) is 0. The Morgan fingerprint density at radius 1 is 0.731 bits per heavy atom. The first-order valence-electron chi connectivity index (χ1n) is 8.01. The smallest absolute Gasteiger partial charge is 0.266 e. The van der Waals surface area contributed by atoms with Gasteiger partial charge in [-0.1, -0.05) is 15.9 Å². The SMILES string of the molecule is CC(C)N1C(=O)c2ccc(N3C(=O)c4ccc(Br)cc4C3=O)cc2C1=O. The van der Waals surface area contributed by atoms with Crippen molar-refractivity contribution in [2.24, 2.45) is 0 Å². The third kappa shape index (κ3) is 2.17. The van der Waals surface area contributed by atoms with Gasteiger partial charge in [-0.25, -0.2) is 4.90 Å². The molecule has 2 heterocycles. The number of hydrogen-bond donors (Lipinski definition) is 0. The van der Waals surface area contributed by atoms with Crippen LogP contribution in [0.25, 0.3) is 0 Å². The summed E-state index contributed by atoms with van der Waals surface area (Å²) >= 11 is 3.29. The highest BCUT2D eigenvalue weighted by Crippen LogP contribution is 2.33. The molecule has 4 rings (SSSR count). The summed E-state index contributed by atoms with van der Waals surface area (Å²) in [7, 11) is 0. The second-order valence-corrected chi connectivity index (χ2v) is 7.36. The molecule has 6 nitrogen and oxygen atoms in total. The highest BCUT2D eigenvalue weighted by Gasteiger charge is 2.40. The van der Waals surface area contributed by atoms with E-state index >= 15 is 0 Å². The molecule has 0 N–H and O–H groups in total. The van der Waals surface area contributed by atoms with Crippen LogP contribution in [0.5, 0.6) is 0 Å². The van der Waals surface area contributed by atoms with E-state index in [0.717, 1.165) is 4.90 Å². The molecule has 26 heavy (non-hydrogen) atoms. The average molecular weight is 413 g/mol. The van der Waals surface area contributed by atoms with Crippen molar-refractivity contribution >= 4 is 45.2 Å². The molecule has 130 valence electrons. The van der Waals surface area contributed by atoms with E-state index in [2.05, 4.69) is 15.9 Å². The van der Waals surface area contributed by atoms with Crippen LogP contribution in [0.2, 0.25) is 0 Å². The van der Waals surface area contributed by atoms with Crippen LogP contribution in [0.1, 0.15) is 55.3 Å². The van der Waals surface area contributed by atoms with E-state index in [1.807, 2.05) is 0 Å². The number of carbonyl (C=O) groups is 4. The quantitative estimate of drug-likeness (QED) is 0.709. The predicted molar refractivity (Wildman–Crippen MR) is 97.4 cm³/mol. The third-order valence-electron chi connectivity index (χ3n) is 4.52. The van der Waals surface area contributed by atoms with Gasteiger partial charge in [0.1, 0.15) is 0 Å². The lowest BCUT2D eigenvalue weighted by Gasteiger charge is -2.17. The van der Waals surface area contributed by atoms with Gasteiger partial charge >= 0.3 is 0 Å². The lowest BCUT2D eigenvalue weighted by Crippen LogP contribution is -2.35. The third-order valence-corrected chi connectivity index (χ3v) is 5.02. The van der Waals surface area contributed by atoms with Crippen molar-refractivity contribution < 1.29 is 19.2 Å². The van der Waals surface area contributed by atoms with Gasteiger partial charge in [0.25, 0.3) is 23.6 Å². The minimum Gasteiger partial charge on any atom is -0.272 e. The molecule has 0 bridgehead atoms. The maximum atomic E-state index is 12.7. The molecule has 0 saturated heterocycles. The highest BCUT2D eigenvalue weighted by atomic mass is 79.9. The van der Waals surface area contributed by atoms with E-state index in [9.17, 15) is 19.2 Å².